The van der Waals surface area contributed by atoms with Gasteiger partial charge >= 0.3 is 0 Å². The van der Waals surface area contributed by atoms with Gasteiger partial charge in [0, 0.05) is 27.5 Å². The van der Waals surface area contributed by atoms with Crippen LogP contribution < -0.4 is 0 Å². The second kappa shape index (κ2) is 16.2. The van der Waals surface area contributed by atoms with Gasteiger partial charge in [0.05, 0.1) is 8.22 Å². The summed E-state index contributed by atoms with van der Waals surface area (Å²) < 4.78 is 63.6. The summed E-state index contributed by atoms with van der Waals surface area (Å²) in [4.78, 5) is 14.8. The molecule has 0 bridgehead atoms. The lowest BCUT2D eigenvalue weighted by Crippen LogP contribution is -2.00. The van der Waals surface area contributed by atoms with Gasteiger partial charge in [-0.05, 0) is 109 Å². The third kappa shape index (κ3) is 7.33. The maximum absolute atomic E-state index is 9.74. The number of rotatable bonds is 8. The fourth-order valence-electron chi connectivity index (χ4n) is 8.48. The first-order valence-corrected chi connectivity index (χ1v) is 21.4. The van der Waals surface area contributed by atoms with E-state index in [1.54, 1.807) is 0 Å². The van der Waals surface area contributed by atoms with E-state index in [2.05, 4.69) is 30.3 Å². The average molecular weight is 836 g/mol. The predicted octanol–water partition coefficient (Wildman–Crippen LogP) is 16.3. The van der Waals surface area contributed by atoms with Crippen molar-refractivity contribution in [3.8, 4) is 89.8 Å². The zero-order chi connectivity index (χ0) is 48.3. The van der Waals surface area contributed by atoms with Gasteiger partial charge in [-0.15, -0.1) is 0 Å². The quantitative estimate of drug-likeness (QED) is 0.153. The molecule has 0 saturated heterocycles. The lowest BCUT2D eigenvalue weighted by molar-refractivity contribution is 0.669. The van der Waals surface area contributed by atoms with Crippen LogP contribution >= 0.6 is 0 Å². The van der Waals surface area contributed by atoms with Crippen LogP contribution in [0.2, 0.25) is 0 Å². The molecule has 65 heavy (non-hydrogen) atoms. The monoisotopic (exact) mass is 835 g/mol. The molecular formula is C61H39N3O. The van der Waals surface area contributed by atoms with Gasteiger partial charge < -0.3 is 4.42 Å². The van der Waals surface area contributed by atoms with Crippen LogP contribution in [0.15, 0.2) is 241 Å². The molecule has 2 aromatic heterocycles. The molecule has 0 fully saturated rings. The van der Waals surface area contributed by atoms with Gasteiger partial charge in [-0.25, -0.2) is 15.0 Å². The Labute approximate surface area is 385 Å². The maximum Gasteiger partial charge on any atom is 0.164 e. The Kier molecular flexibility index (Phi) is 7.98. The number of hydrogen-bond acceptors (Lipinski definition) is 4. The summed E-state index contributed by atoms with van der Waals surface area (Å²) >= 11 is 0. The number of hydrogen-bond donors (Lipinski definition) is 0. The Bertz CT molecular complexity index is 3970. The van der Waals surface area contributed by atoms with Crippen molar-refractivity contribution in [2.75, 3.05) is 0 Å². The highest BCUT2D eigenvalue weighted by molar-refractivity contribution is 6.07. The molecule has 4 nitrogen and oxygen atoms in total. The molecule has 0 aliphatic carbocycles. The first-order valence-electron chi connectivity index (χ1n) is 24.4. The molecule has 0 aliphatic rings. The number of aromatic nitrogens is 3. The SMILES string of the molecule is [2H]c1c(-c2cc(-c3ccccc3)cc(-c3ccccc3)c2)c([2H])c2c(oc3c([2H])c(-c4nc(-c5ccc(-c6ccccc6)cc5)nc(-c5ccc(-c6cccc7ccccc67)cc5)n4)c([2H])c([2H])c32)c1[2H]. The van der Waals surface area contributed by atoms with E-state index in [9.17, 15) is 8.22 Å². The van der Waals surface area contributed by atoms with E-state index in [1.807, 2.05) is 170 Å². The van der Waals surface area contributed by atoms with Crippen molar-refractivity contribution in [1.82, 2.24) is 15.0 Å². The summed E-state index contributed by atoms with van der Waals surface area (Å²) in [6, 6.07) is 64.3. The fourth-order valence-corrected chi connectivity index (χ4v) is 8.48. The second-order valence-electron chi connectivity index (χ2n) is 15.9. The molecule has 304 valence electrons. The van der Waals surface area contributed by atoms with Crippen molar-refractivity contribution in [2.24, 2.45) is 0 Å². The van der Waals surface area contributed by atoms with Crippen LogP contribution in [-0.2, 0) is 0 Å². The number of nitrogens with zero attached hydrogens (tertiary/aromatic N) is 3. The highest BCUT2D eigenvalue weighted by atomic mass is 16.3. The van der Waals surface area contributed by atoms with Gasteiger partial charge in [0.1, 0.15) is 11.2 Å². The van der Waals surface area contributed by atoms with Crippen LogP contribution in [0.3, 0.4) is 0 Å². The smallest absolute Gasteiger partial charge is 0.164 e. The van der Waals surface area contributed by atoms with Crippen LogP contribution in [-0.4, -0.2) is 15.0 Å². The van der Waals surface area contributed by atoms with E-state index < -0.39 is 0 Å². The van der Waals surface area contributed by atoms with Gasteiger partial charge in [0.15, 0.2) is 17.5 Å². The van der Waals surface area contributed by atoms with Gasteiger partial charge in [0.25, 0.3) is 0 Å². The molecule has 4 heteroatoms. The molecule has 0 radical (unpaired) electrons. The van der Waals surface area contributed by atoms with E-state index in [0.717, 1.165) is 55.3 Å². The zero-order valence-electron chi connectivity index (χ0n) is 40.8. The first-order chi connectivity index (χ1) is 34.7. The van der Waals surface area contributed by atoms with Crippen LogP contribution in [0.1, 0.15) is 8.22 Å². The third-order valence-electron chi connectivity index (χ3n) is 11.8. The number of furan rings is 1. The van der Waals surface area contributed by atoms with E-state index >= 15 is 0 Å². The second-order valence-corrected chi connectivity index (χ2v) is 15.9. The van der Waals surface area contributed by atoms with Crippen LogP contribution in [0.25, 0.3) is 123 Å². The lowest BCUT2D eigenvalue weighted by Gasteiger charge is -2.11. The van der Waals surface area contributed by atoms with Gasteiger partial charge in [-0.1, -0.05) is 194 Å². The molecule has 0 N–H and O–H groups in total. The topological polar surface area (TPSA) is 51.8 Å². The molecule has 12 aromatic rings. The predicted molar refractivity (Wildman–Crippen MR) is 268 cm³/mol. The van der Waals surface area contributed by atoms with Crippen LogP contribution in [0, 0.1) is 0 Å². The Morgan fingerprint density at radius 3 is 1.37 bits per heavy atom. The zero-order valence-corrected chi connectivity index (χ0v) is 34.8. The minimum atomic E-state index is -0.348. The molecular weight excluding hydrogens is 791 g/mol. The van der Waals surface area contributed by atoms with Crippen molar-refractivity contribution in [2.45, 2.75) is 0 Å². The minimum absolute atomic E-state index is 0.00801. The van der Waals surface area contributed by atoms with Crippen LogP contribution in [0.5, 0.6) is 0 Å². The molecule has 0 unspecified atom stereocenters. The normalized spacial score (nSPS) is 12.7. The van der Waals surface area contributed by atoms with Gasteiger partial charge in [-0.2, -0.15) is 0 Å². The van der Waals surface area contributed by atoms with Crippen molar-refractivity contribution in [1.29, 1.82) is 0 Å². The number of benzene rings is 10. The highest BCUT2D eigenvalue weighted by Gasteiger charge is 2.17. The Morgan fingerprint density at radius 1 is 0.292 bits per heavy atom. The molecule has 0 atom stereocenters. The summed E-state index contributed by atoms with van der Waals surface area (Å²) in [5.41, 5.74) is 9.55. The summed E-state index contributed by atoms with van der Waals surface area (Å²) in [5.74, 6) is 0.594. The third-order valence-corrected chi connectivity index (χ3v) is 11.8. The van der Waals surface area contributed by atoms with Crippen molar-refractivity contribution >= 4 is 32.7 Å². The van der Waals surface area contributed by atoms with E-state index in [0.29, 0.717) is 28.3 Å². The van der Waals surface area contributed by atoms with E-state index in [4.69, 9.17) is 19.4 Å². The van der Waals surface area contributed by atoms with Gasteiger partial charge in [-0.3, -0.25) is 0 Å². The number of fused-ring (bicyclic) bond motifs is 4. The molecule has 2 heterocycles. The maximum atomic E-state index is 9.74. The molecule has 0 aliphatic heterocycles. The Morgan fingerprint density at radius 2 is 0.754 bits per heavy atom. The lowest BCUT2D eigenvalue weighted by atomic mass is 9.93. The van der Waals surface area contributed by atoms with Gasteiger partial charge in [0.2, 0.25) is 0 Å². The fraction of sp³-hybridized carbons (Fsp3) is 0. The Balaban J connectivity index is 1.03. The summed E-state index contributed by atoms with van der Waals surface area (Å²) in [6.45, 7) is 0. The average Bonchev–Trinajstić information content (AvgIpc) is 3.85. The minimum Gasteiger partial charge on any atom is -0.456 e. The standard InChI is InChI=1S/C61H39N3O/c1-4-13-40(14-5-1)43-23-27-46(28-24-43)59-62-60(47-29-25-45(26-30-47)54-22-12-20-44-19-10-11-21-53(44)54)64-61(63-59)49-31-33-55-56-38-48(32-34-57(56)65-58(55)39-49)52-36-50(41-15-6-2-7-16-41)35-51(37-52)42-17-8-3-9-18-42/h1-39H/i31D,32D,33D,34D,38D,39D. The van der Waals surface area contributed by atoms with E-state index in [1.165, 1.54) is 0 Å². The van der Waals surface area contributed by atoms with Crippen molar-refractivity contribution < 1.29 is 12.6 Å². The molecule has 0 amide bonds. The van der Waals surface area contributed by atoms with Crippen molar-refractivity contribution in [3.05, 3.63) is 236 Å². The molecule has 0 saturated carbocycles. The highest BCUT2D eigenvalue weighted by Crippen LogP contribution is 2.38. The summed E-state index contributed by atoms with van der Waals surface area (Å²) in [7, 11) is 0. The van der Waals surface area contributed by atoms with Crippen LogP contribution in [0.4, 0.5) is 0 Å². The molecule has 0 spiro atoms. The van der Waals surface area contributed by atoms with Crippen molar-refractivity contribution in [3.63, 3.8) is 0 Å². The van der Waals surface area contributed by atoms with E-state index in [-0.39, 0.29) is 75.1 Å². The summed E-state index contributed by atoms with van der Waals surface area (Å²) in [6.07, 6.45) is 0. The molecule has 10 aromatic carbocycles. The summed E-state index contributed by atoms with van der Waals surface area (Å²) in [5, 5.41) is 2.39. The molecule has 12 rings (SSSR count). The largest absolute Gasteiger partial charge is 0.456 e. The first kappa shape index (κ1) is 32.0. The Hall–Kier alpha value is -8.73.